The number of carbonyl (C=O) groups is 1. The monoisotopic (exact) mass is 351 g/mol. The third-order valence-electron chi connectivity index (χ3n) is 3.98. The fourth-order valence-electron chi connectivity index (χ4n) is 2.45. The highest BCUT2D eigenvalue weighted by Crippen LogP contribution is 2.22. The number of anilines is 1. The zero-order chi connectivity index (χ0) is 18.0. The molecule has 0 aliphatic carbocycles. The van der Waals surface area contributed by atoms with Crippen LogP contribution in [0.15, 0.2) is 48.7 Å². The van der Waals surface area contributed by atoms with Crippen molar-refractivity contribution < 1.29 is 4.79 Å². The van der Waals surface area contributed by atoms with Crippen LogP contribution in [0, 0.1) is 20.8 Å². The van der Waals surface area contributed by atoms with Gasteiger partial charge < -0.3 is 5.32 Å². The minimum atomic E-state index is -0.252. The van der Waals surface area contributed by atoms with Crippen molar-refractivity contribution >= 4 is 23.2 Å². The van der Waals surface area contributed by atoms with Crippen molar-refractivity contribution in [3.05, 3.63) is 76.1 Å². The number of aryl methyl sites for hydroxylation is 3. The van der Waals surface area contributed by atoms with E-state index in [0.29, 0.717) is 27.8 Å². The summed E-state index contributed by atoms with van der Waals surface area (Å²) in [5.74, 6) is 0.353. The Bertz CT molecular complexity index is 936. The van der Waals surface area contributed by atoms with Crippen molar-refractivity contribution in [1.29, 1.82) is 0 Å². The summed E-state index contributed by atoms with van der Waals surface area (Å²) in [5, 5.41) is 3.44. The third kappa shape index (κ3) is 3.86. The Hall–Kier alpha value is -2.72. The van der Waals surface area contributed by atoms with E-state index < -0.39 is 0 Å². The summed E-state index contributed by atoms with van der Waals surface area (Å²) < 4.78 is 0. The number of nitrogens with zero attached hydrogens (tertiary/aromatic N) is 2. The van der Waals surface area contributed by atoms with Gasteiger partial charge in [0, 0.05) is 22.5 Å². The molecule has 2 aromatic carbocycles. The van der Waals surface area contributed by atoms with E-state index in [1.54, 1.807) is 25.3 Å². The van der Waals surface area contributed by atoms with Crippen LogP contribution in [0.5, 0.6) is 0 Å². The SMILES string of the molecule is Cc1ccc(-c2ncc(C(=O)Nc3cc(Cl)ccc3C)c(C)n2)cc1. The molecule has 4 nitrogen and oxygen atoms in total. The van der Waals surface area contributed by atoms with E-state index >= 15 is 0 Å². The molecule has 5 heteroatoms. The first-order chi connectivity index (χ1) is 11.9. The molecule has 126 valence electrons. The van der Waals surface area contributed by atoms with E-state index in [1.807, 2.05) is 44.2 Å². The summed E-state index contributed by atoms with van der Waals surface area (Å²) in [6, 6.07) is 13.3. The molecular weight excluding hydrogens is 334 g/mol. The number of rotatable bonds is 3. The highest BCUT2D eigenvalue weighted by Gasteiger charge is 2.14. The first kappa shape index (κ1) is 17.1. The summed E-state index contributed by atoms with van der Waals surface area (Å²) in [5.41, 5.74) is 4.78. The average Bonchev–Trinajstić information content (AvgIpc) is 2.58. The molecule has 0 saturated heterocycles. The number of benzene rings is 2. The van der Waals surface area contributed by atoms with Crippen molar-refractivity contribution in [2.75, 3.05) is 5.32 Å². The largest absolute Gasteiger partial charge is 0.322 e. The van der Waals surface area contributed by atoms with Crippen LogP contribution < -0.4 is 5.32 Å². The number of amides is 1. The Morgan fingerprint density at radius 3 is 2.44 bits per heavy atom. The first-order valence-electron chi connectivity index (χ1n) is 7.92. The lowest BCUT2D eigenvalue weighted by atomic mass is 10.1. The Balaban J connectivity index is 1.86. The molecule has 1 aromatic heterocycles. The van der Waals surface area contributed by atoms with Gasteiger partial charge in [-0.3, -0.25) is 4.79 Å². The summed E-state index contributed by atoms with van der Waals surface area (Å²) in [4.78, 5) is 21.4. The quantitative estimate of drug-likeness (QED) is 0.724. The normalized spacial score (nSPS) is 10.6. The van der Waals surface area contributed by atoms with Crippen molar-refractivity contribution in [2.24, 2.45) is 0 Å². The molecule has 3 aromatic rings. The molecule has 25 heavy (non-hydrogen) atoms. The fraction of sp³-hybridized carbons (Fsp3) is 0.150. The smallest absolute Gasteiger partial charge is 0.259 e. The lowest BCUT2D eigenvalue weighted by Gasteiger charge is -2.11. The number of carbonyl (C=O) groups excluding carboxylic acids is 1. The van der Waals surface area contributed by atoms with Crippen LogP contribution in [0.2, 0.25) is 5.02 Å². The predicted octanol–water partition coefficient (Wildman–Crippen LogP) is 4.97. The standard InChI is InChI=1S/C20H18ClN3O/c1-12-4-7-15(8-5-12)19-22-11-17(14(3)23-19)20(25)24-18-10-16(21)9-6-13(18)2/h4-11H,1-3H3,(H,24,25). The van der Waals surface area contributed by atoms with Gasteiger partial charge in [-0.2, -0.15) is 0 Å². The van der Waals surface area contributed by atoms with E-state index in [0.717, 1.165) is 11.1 Å². The summed E-state index contributed by atoms with van der Waals surface area (Å²) in [6.07, 6.45) is 1.56. The van der Waals surface area contributed by atoms with Gasteiger partial charge in [-0.25, -0.2) is 9.97 Å². The van der Waals surface area contributed by atoms with Crippen molar-refractivity contribution in [1.82, 2.24) is 9.97 Å². The second-order valence-corrected chi connectivity index (χ2v) is 6.41. The highest BCUT2D eigenvalue weighted by molar-refractivity contribution is 6.31. The van der Waals surface area contributed by atoms with Gasteiger partial charge in [0.05, 0.1) is 11.3 Å². The number of halogens is 1. The van der Waals surface area contributed by atoms with Crippen molar-refractivity contribution in [3.8, 4) is 11.4 Å². The van der Waals surface area contributed by atoms with Crippen molar-refractivity contribution in [3.63, 3.8) is 0 Å². The lowest BCUT2D eigenvalue weighted by Crippen LogP contribution is -2.15. The highest BCUT2D eigenvalue weighted by atomic mass is 35.5. The fourth-order valence-corrected chi connectivity index (χ4v) is 2.62. The molecule has 1 N–H and O–H groups in total. The summed E-state index contributed by atoms with van der Waals surface area (Å²) in [6.45, 7) is 5.75. The van der Waals surface area contributed by atoms with E-state index in [2.05, 4.69) is 15.3 Å². The minimum absolute atomic E-state index is 0.252. The molecule has 0 bridgehead atoms. The molecule has 0 atom stereocenters. The van der Waals surface area contributed by atoms with E-state index in [1.165, 1.54) is 5.56 Å². The molecule has 0 aliphatic rings. The van der Waals surface area contributed by atoms with Gasteiger partial charge in [0.25, 0.3) is 5.91 Å². The van der Waals surface area contributed by atoms with E-state index in [9.17, 15) is 4.79 Å². The Morgan fingerprint density at radius 2 is 1.76 bits per heavy atom. The number of nitrogens with one attached hydrogen (secondary N) is 1. The summed E-state index contributed by atoms with van der Waals surface area (Å²) >= 11 is 6.00. The van der Waals surface area contributed by atoms with Gasteiger partial charge in [-0.15, -0.1) is 0 Å². The van der Waals surface area contributed by atoms with Crippen LogP contribution in [0.4, 0.5) is 5.69 Å². The Kier molecular flexibility index (Phi) is 4.81. The maximum atomic E-state index is 12.6. The minimum Gasteiger partial charge on any atom is -0.322 e. The average molecular weight is 352 g/mol. The Labute approximate surface area is 151 Å². The maximum absolute atomic E-state index is 12.6. The number of hydrogen-bond donors (Lipinski definition) is 1. The number of aromatic nitrogens is 2. The molecule has 0 fully saturated rings. The van der Waals surface area contributed by atoms with E-state index in [-0.39, 0.29) is 5.91 Å². The maximum Gasteiger partial charge on any atom is 0.259 e. The molecule has 0 saturated carbocycles. The van der Waals surface area contributed by atoms with Crippen LogP contribution in [0.3, 0.4) is 0 Å². The van der Waals surface area contributed by atoms with Crippen LogP contribution in [0.1, 0.15) is 27.2 Å². The van der Waals surface area contributed by atoms with Gasteiger partial charge in [0.1, 0.15) is 0 Å². The van der Waals surface area contributed by atoms with Gasteiger partial charge in [-0.05, 0) is 38.5 Å². The van der Waals surface area contributed by atoms with E-state index in [4.69, 9.17) is 11.6 Å². The molecular formula is C20H18ClN3O. The summed E-state index contributed by atoms with van der Waals surface area (Å²) in [7, 11) is 0. The molecule has 0 radical (unpaired) electrons. The molecule has 0 aliphatic heterocycles. The second kappa shape index (κ2) is 7.03. The number of hydrogen-bond acceptors (Lipinski definition) is 3. The molecule has 3 rings (SSSR count). The topological polar surface area (TPSA) is 54.9 Å². The zero-order valence-electron chi connectivity index (χ0n) is 14.3. The van der Waals surface area contributed by atoms with Crippen molar-refractivity contribution in [2.45, 2.75) is 20.8 Å². The lowest BCUT2D eigenvalue weighted by molar-refractivity contribution is 0.102. The second-order valence-electron chi connectivity index (χ2n) is 5.97. The van der Waals surface area contributed by atoms with Crippen LogP contribution >= 0.6 is 11.6 Å². The van der Waals surface area contributed by atoms with Gasteiger partial charge in [0.2, 0.25) is 0 Å². The first-order valence-corrected chi connectivity index (χ1v) is 8.30. The van der Waals surface area contributed by atoms with Crippen LogP contribution in [-0.2, 0) is 0 Å². The molecule has 0 spiro atoms. The molecule has 1 heterocycles. The Morgan fingerprint density at radius 1 is 1.04 bits per heavy atom. The van der Waals surface area contributed by atoms with Gasteiger partial charge >= 0.3 is 0 Å². The predicted molar refractivity (Wildman–Crippen MR) is 101 cm³/mol. The van der Waals surface area contributed by atoms with Gasteiger partial charge in [0.15, 0.2) is 5.82 Å². The van der Waals surface area contributed by atoms with Crippen LogP contribution in [0.25, 0.3) is 11.4 Å². The van der Waals surface area contributed by atoms with Gasteiger partial charge in [-0.1, -0.05) is 47.5 Å². The molecule has 1 amide bonds. The van der Waals surface area contributed by atoms with Crippen LogP contribution in [-0.4, -0.2) is 15.9 Å². The molecule has 0 unspecified atom stereocenters. The zero-order valence-corrected chi connectivity index (χ0v) is 15.1. The third-order valence-corrected chi connectivity index (χ3v) is 4.22.